The molecule has 0 fully saturated rings. The molecule has 1 aliphatic heterocycles. The van der Waals surface area contributed by atoms with Crippen LogP contribution in [0.4, 0.5) is 0 Å². The van der Waals surface area contributed by atoms with E-state index < -0.39 is 12.2 Å². The minimum atomic E-state index is -1.10. The highest BCUT2D eigenvalue weighted by molar-refractivity contribution is 6.00. The Morgan fingerprint density at radius 1 is 1.22 bits per heavy atom. The van der Waals surface area contributed by atoms with Gasteiger partial charge in [0.25, 0.3) is 0 Å². The van der Waals surface area contributed by atoms with Crippen LogP contribution in [0.25, 0.3) is 0 Å². The number of Topliss-reactive ketones (excluding diaryl/α,β-unsaturated/α-hetero) is 1. The van der Waals surface area contributed by atoms with Crippen LogP contribution in [0, 0.1) is 0 Å². The van der Waals surface area contributed by atoms with Gasteiger partial charge in [-0.15, -0.1) is 0 Å². The van der Waals surface area contributed by atoms with Gasteiger partial charge in [-0.1, -0.05) is 36.4 Å². The minimum Gasteiger partial charge on any atom is -0.482 e. The fourth-order valence-corrected chi connectivity index (χ4v) is 2.41. The van der Waals surface area contributed by atoms with Gasteiger partial charge < -0.3 is 9.84 Å². The molecule has 3 heteroatoms. The molecule has 1 aromatic carbocycles. The molecule has 0 bridgehead atoms. The summed E-state index contributed by atoms with van der Waals surface area (Å²) in [6.45, 7) is 0. The molecule has 0 saturated heterocycles. The molecule has 18 heavy (non-hydrogen) atoms. The van der Waals surface area contributed by atoms with Crippen molar-refractivity contribution in [2.45, 2.75) is 25.0 Å². The first kappa shape index (κ1) is 11.2. The molecule has 1 N–H and O–H groups in total. The number of aliphatic hydroxyl groups excluding tert-OH is 1. The Morgan fingerprint density at radius 3 is 2.78 bits per heavy atom. The lowest BCUT2D eigenvalue weighted by atomic mass is 9.89. The Hall–Kier alpha value is -1.87. The zero-order valence-corrected chi connectivity index (χ0v) is 9.87. The predicted molar refractivity (Wildman–Crippen MR) is 66.7 cm³/mol. The third-order valence-corrected chi connectivity index (χ3v) is 3.36. The highest BCUT2D eigenvalue weighted by Crippen LogP contribution is 2.35. The molecule has 0 spiro atoms. The fourth-order valence-electron chi connectivity index (χ4n) is 2.41. The molecule has 0 saturated carbocycles. The number of hydrogen-bond acceptors (Lipinski definition) is 3. The topological polar surface area (TPSA) is 46.5 Å². The summed E-state index contributed by atoms with van der Waals surface area (Å²) in [6, 6.07) is 9.36. The number of benzene rings is 1. The van der Waals surface area contributed by atoms with Gasteiger partial charge in [-0.3, -0.25) is 4.79 Å². The van der Waals surface area contributed by atoms with Gasteiger partial charge in [0.15, 0.2) is 18.0 Å². The smallest absolute Gasteiger partial charge is 0.195 e. The SMILES string of the molecule is O=C1C2=C(C=CCC2)OC(c2ccccc2)C1O. The Kier molecular flexibility index (Phi) is 2.76. The summed E-state index contributed by atoms with van der Waals surface area (Å²) in [6.07, 6.45) is 3.61. The molecule has 1 heterocycles. The van der Waals surface area contributed by atoms with Gasteiger partial charge >= 0.3 is 0 Å². The number of carbonyl (C=O) groups is 1. The number of ketones is 1. The molecular weight excluding hydrogens is 228 g/mol. The number of aliphatic hydroxyl groups is 1. The average Bonchev–Trinajstić information content (AvgIpc) is 2.44. The minimum absolute atomic E-state index is 0.200. The Labute approximate surface area is 105 Å². The van der Waals surface area contributed by atoms with Crippen molar-refractivity contribution in [3.8, 4) is 0 Å². The summed E-state index contributed by atoms with van der Waals surface area (Å²) in [4.78, 5) is 12.1. The number of ether oxygens (including phenoxy) is 1. The molecule has 1 aromatic rings. The normalized spacial score (nSPS) is 26.8. The second kappa shape index (κ2) is 4.42. The lowest BCUT2D eigenvalue weighted by Gasteiger charge is -2.31. The van der Waals surface area contributed by atoms with E-state index in [-0.39, 0.29) is 5.78 Å². The first-order valence-electron chi connectivity index (χ1n) is 6.11. The third kappa shape index (κ3) is 1.77. The Morgan fingerprint density at radius 2 is 2.00 bits per heavy atom. The molecule has 0 amide bonds. The van der Waals surface area contributed by atoms with Crippen molar-refractivity contribution < 1.29 is 14.6 Å². The van der Waals surface area contributed by atoms with E-state index in [1.807, 2.05) is 42.5 Å². The summed E-state index contributed by atoms with van der Waals surface area (Å²) >= 11 is 0. The first-order valence-corrected chi connectivity index (χ1v) is 6.11. The zero-order chi connectivity index (χ0) is 12.5. The summed E-state index contributed by atoms with van der Waals surface area (Å²) in [5.41, 5.74) is 1.45. The summed E-state index contributed by atoms with van der Waals surface area (Å²) in [7, 11) is 0. The van der Waals surface area contributed by atoms with Crippen molar-refractivity contribution in [2.24, 2.45) is 0 Å². The number of rotatable bonds is 1. The summed E-state index contributed by atoms with van der Waals surface area (Å²) in [5, 5.41) is 10.1. The molecule has 3 nitrogen and oxygen atoms in total. The van der Waals surface area contributed by atoms with Crippen LogP contribution >= 0.6 is 0 Å². The van der Waals surface area contributed by atoms with E-state index in [0.717, 1.165) is 12.0 Å². The molecule has 2 unspecified atom stereocenters. The quantitative estimate of drug-likeness (QED) is 0.821. The molecule has 2 atom stereocenters. The average molecular weight is 242 g/mol. The molecule has 2 aliphatic rings. The van der Waals surface area contributed by atoms with Crippen molar-refractivity contribution in [1.82, 2.24) is 0 Å². The van der Waals surface area contributed by atoms with Crippen LogP contribution in [-0.2, 0) is 9.53 Å². The lowest BCUT2D eigenvalue weighted by Crippen LogP contribution is -2.36. The first-order chi connectivity index (χ1) is 8.77. The van der Waals surface area contributed by atoms with E-state index in [1.54, 1.807) is 0 Å². The predicted octanol–water partition coefficient (Wildman–Crippen LogP) is 2.29. The Bertz CT molecular complexity index is 528. The maximum absolute atomic E-state index is 12.1. The number of carbonyl (C=O) groups excluding carboxylic acids is 1. The van der Waals surface area contributed by atoms with E-state index in [9.17, 15) is 9.90 Å². The van der Waals surface area contributed by atoms with Crippen LogP contribution in [0.3, 0.4) is 0 Å². The van der Waals surface area contributed by atoms with Crippen LogP contribution in [0.2, 0.25) is 0 Å². The van der Waals surface area contributed by atoms with Crippen LogP contribution in [0.15, 0.2) is 53.8 Å². The summed E-state index contributed by atoms with van der Waals surface area (Å²) in [5.74, 6) is 0.417. The van der Waals surface area contributed by atoms with Crippen molar-refractivity contribution in [3.63, 3.8) is 0 Å². The standard InChI is InChI=1S/C15H14O3/c16-13-11-8-4-5-9-12(11)18-15(14(13)17)10-6-2-1-3-7-10/h1-3,5-7,9,14-15,17H,4,8H2. The van der Waals surface area contributed by atoms with Gasteiger partial charge in [-0.05, 0) is 24.5 Å². The van der Waals surface area contributed by atoms with E-state index >= 15 is 0 Å². The molecule has 92 valence electrons. The van der Waals surface area contributed by atoms with Gasteiger partial charge in [0.05, 0.1) is 0 Å². The van der Waals surface area contributed by atoms with Crippen molar-refractivity contribution in [2.75, 3.05) is 0 Å². The van der Waals surface area contributed by atoms with Gasteiger partial charge in [0, 0.05) is 5.57 Å². The summed E-state index contributed by atoms with van der Waals surface area (Å²) < 4.78 is 5.78. The molecule has 1 aliphatic carbocycles. The largest absolute Gasteiger partial charge is 0.482 e. The highest BCUT2D eigenvalue weighted by Gasteiger charge is 2.37. The second-order valence-electron chi connectivity index (χ2n) is 4.54. The maximum atomic E-state index is 12.1. The van der Waals surface area contributed by atoms with Crippen LogP contribution in [0.1, 0.15) is 24.5 Å². The van der Waals surface area contributed by atoms with E-state index in [1.165, 1.54) is 0 Å². The van der Waals surface area contributed by atoms with Crippen molar-refractivity contribution >= 4 is 5.78 Å². The second-order valence-corrected chi connectivity index (χ2v) is 4.54. The van der Waals surface area contributed by atoms with Gasteiger partial charge in [-0.2, -0.15) is 0 Å². The van der Waals surface area contributed by atoms with Crippen LogP contribution in [-0.4, -0.2) is 17.0 Å². The fraction of sp³-hybridized carbons (Fsp3) is 0.267. The van der Waals surface area contributed by atoms with Crippen LogP contribution < -0.4 is 0 Å². The van der Waals surface area contributed by atoms with Gasteiger partial charge in [0.2, 0.25) is 0 Å². The van der Waals surface area contributed by atoms with Crippen molar-refractivity contribution in [1.29, 1.82) is 0 Å². The van der Waals surface area contributed by atoms with Crippen molar-refractivity contribution in [3.05, 3.63) is 59.4 Å². The Balaban J connectivity index is 1.98. The molecule has 0 radical (unpaired) electrons. The molecule has 3 rings (SSSR count). The van der Waals surface area contributed by atoms with E-state index in [0.29, 0.717) is 17.8 Å². The van der Waals surface area contributed by atoms with E-state index in [4.69, 9.17) is 4.74 Å². The highest BCUT2D eigenvalue weighted by atomic mass is 16.5. The number of hydrogen-bond donors (Lipinski definition) is 1. The monoisotopic (exact) mass is 242 g/mol. The molecule has 0 aromatic heterocycles. The molecular formula is C15H14O3. The van der Waals surface area contributed by atoms with Crippen LogP contribution in [0.5, 0.6) is 0 Å². The maximum Gasteiger partial charge on any atom is 0.195 e. The van der Waals surface area contributed by atoms with E-state index in [2.05, 4.69) is 0 Å². The lowest BCUT2D eigenvalue weighted by molar-refractivity contribution is -0.134. The zero-order valence-electron chi connectivity index (χ0n) is 9.87. The number of allylic oxidation sites excluding steroid dienone is 2. The van der Waals surface area contributed by atoms with Gasteiger partial charge in [0.1, 0.15) is 5.76 Å². The van der Waals surface area contributed by atoms with Gasteiger partial charge in [-0.25, -0.2) is 0 Å². The third-order valence-electron chi connectivity index (χ3n) is 3.36.